The van der Waals surface area contributed by atoms with E-state index in [1.54, 1.807) is 11.0 Å². The fourth-order valence-electron chi connectivity index (χ4n) is 2.05. The number of unbranched alkanes of at least 4 members (excludes halogenated alkanes) is 1. The largest absolute Gasteiger partial charge is 0.310 e. The van der Waals surface area contributed by atoms with Gasteiger partial charge in [-0.05, 0) is 31.5 Å². The van der Waals surface area contributed by atoms with Crippen LogP contribution in [0.4, 0.5) is 5.69 Å². The van der Waals surface area contributed by atoms with E-state index in [1.807, 2.05) is 19.1 Å². The smallest absolute Gasteiger partial charge is 0.240 e. The summed E-state index contributed by atoms with van der Waals surface area (Å²) in [5.74, 6) is 0.0642. The summed E-state index contributed by atoms with van der Waals surface area (Å²) in [6.07, 6.45) is 1.91. The van der Waals surface area contributed by atoms with E-state index in [9.17, 15) is 9.59 Å². The van der Waals surface area contributed by atoms with E-state index >= 15 is 0 Å². The zero-order valence-corrected chi connectivity index (χ0v) is 11.4. The van der Waals surface area contributed by atoms with Crippen LogP contribution in [0.2, 0.25) is 0 Å². The minimum absolute atomic E-state index is 0.0642. The molecule has 0 radical (unpaired) electrons. The molecule has 0 aromatic heterocycles. The van der Waals surface area contributed by atoms with Gasteiger partial charge in [-0.15, -0.1) is 11.8 Å². The van der Waals surface area contributed by atoms with Gasteiger partial charge in [-0.2, -0.15) is 5.26 Å². The molecule has 19 heavy (non-hydrogen) atoms. The third-order valence-corrected chi connectivity index (χ3v) is 4.13. The van der Waals surface area contributed by atoms with Gasteiger partial charge in [0.05, 0.1) is 17.0 Å². The van der Waals surface area contributed by atoms with Gasteiger partial charge in [0.15, 0.2) is 0 Å². The number of carbonyl (C=O) groups is 2. The van der Waals surface area contributed by atoms with Crippen molar-refractivity contribution in [1.29, 1.82) is 5.26 Å². The first kappa shape index (κ1) is 13.6. The van der Waals surface area contributed by atoms with Crippen molar-refractivity contribution in [3.8, 4) is 6.07 Å². The van der Waals surface area contributed by atoms with Crippen LogP contribution < -0.4 is 4.90 Å². The highest BCUT2D eigenvalue weighted by Gasteiger charge is 2.30. The van der Waals surface area contributed by atoms with E-state index in [-0.39, 0.29) is 11.2 Å². The second-order valence-corrected chi connectivity index (χ2v) is 5.74. The molecule has 4 nitrogen and oxygen atoms in total. The van der Waals surface area contributed by atoms with E-state index in [2.05, 4.69) is 6.07 Å². The topological polar surface area (TPSA) is 61.2 Å². The second-order valence-electron chi connectivity index (χ2n) is 4.36. The maximum atomic E-state index is 12.2. The fraction of sp³-hybridized carbons (Fsp3) is 0.357. The number of thioether (sulfide) groups is 1. The Labute approximate surface area is 116 Å². The number of amides is 1. The van der Waals surface area contributed by atoms with Crippen LogP contribution in [-0.2, 0) is 4.79 Å². The summed E-state index contributed by atoms with van der Waals surface area (Å²) < 4.78 is 0. The first-order valence-electron chi connectivity index (χ1n) is 6.11. The first-order valence-corrected chi connectivity index (χ1v) is 6.99. The first-order chi connectivity index (χ1) is 9.17. The van der Waals surface area contributed by atoms with Crippen molar-refractivity contribution in [2.75, 3.05) is 11.4 Å². The van der Waals surface area contributed by atoms with Crippen LogP contribution in [0.5, 0.6) is 0 Å². The molecule has 0 aliphatic carbocycles. The predicted octanol–water partition coefficient (Wildman–Crippen LogP) is 2.63. The molecule has 0 spiro atoms. The standard InChI is InChI=1S/C14H14N2O2S/c1-10-14(18)16(7-3-2-6-15)12-5-4-11(9-17)8-13(12)19-10/h4-5,8-10H,2-3,7H2,1H3. The highest BCUT2D eigenvalue weighted by atomic mass is 32.2. The maximum absolute atomic E-state index is 12.2. The van der Waals surface area contributed by atoms with Crippen molar-refractivity contribution < 1.29 is 9.59 Å². The number of anilines is 1. The van der Waals surface area contributed by atoms with Crippen LogP contribution in [-0.4, -0.2) is 24.0 Å². The summed E-state index contributed by atoms with van der Waals surface area (Å²) in [7, 11) is 0. The third kappa shape index (κ3) is 2.79. The Morgan fingerprint density at radius 2 is 2.32 bits per heavy atom. The van der Waals surface area contributed by atoms with Crippen molar-refractivity contribution >= 4 is 29.6 Å². The summed E-state index contributed by atoms with van der Waals surface area (Å²) in [6, 6.07) is 7.42. The average molecular weight is 274 g/mol. The van der Waals surface area contributed by atoms with Crippen LogP contribution in [0.1, 0.15) is 30.1 Å². The number of carbonyl (C=O) groups excluding carboxylic acids is 2. The Bertz CT molecular complexity index is 551. The van der Waals surface area contributed by atoms with E-state index < -0.39 is 0 Å². The lowest BCUT2D eigenvalue weighted by Gasteiger charge is -2.32. The third-order valence-electron chi connectivity index (χ3n) is 3.00. The molecular weight excluding hydrogens is 260 g/mol. The Morgan fingerprint density at radius 1 is 1.53 bits per heavy atom. The second kappa shape index (κ2) is 5.89. The molecule has 1 aromatic rings. The summed E-state index contributed by atoms with van der Waals surface area (Å²) >= 11 is 1.48. The van der Waals surface area contributed by atoms with Gasteiger partial charge in [-0.1, -0.05) is 0 Å². The molecule has 1 aliphatic heterocycles. The van der Waals surface area contributed by atoms with Gasteiger partial charge in [-0.3, -0.25) is 9.59 Å². The lowest BCUT2D eigenvalue weighted by Crippen LogP contribution is -2.40. The van der Waals surface area contributed by atoms with Gasteiger partial charge in [0, 0.05) is 23.4 Å². The van der Waals surface area contributed by atoms with Gasteiger partial charge in [-0.25, -0.2) is 0 Å². The highest BCUT2D eigenvalue weighted by molar-refractivity contribution is 8.01. The summed E-state index contributed by atoms with van der Waals surface area (Å²) in [5, 5.41) is 8.42. The zero-order chi connectivity index (χ0) is 13.8. The number of nitriles is 1. The van der Waals surface area contributed by atoms with E-state index in [0.717, 1.165) is 16.9 Å². The van der Waals surface area contributed by atoms with Crippen LogP contribution in [0.3, 0.4) is 0 Å². The molecule has 1 atom stereocenters. The lowest BCUT2D eigenvalue weighted by atomic mass is 10.1. The summed E-state index contributed by atoms with van der Waals surface area (Å²) in [5.41, 5.74) is 1.46. The zero-order valence-electron chi connectivity index (χ0n) is 10.6. The van der Waals surface area contributed by atoms with Crippen molar-refractivity contribution in [3.05, 3.63) is 23.8 Å². The number of fused-ring (bicyclic) bond motifs is 1. The highest BCUT2D eigenvalue weighted by Crippen LogP contribution is 2.39. The quantitative estimate of drug-likeness (QED) is 0.625. The van der Waals surface area contributed by atoms with Gasteiger partial charge >= 0.3 is 0 Å². The lowest BCUT2D eigenvalue weighted by molar-refractivity contribution is -0.118. The molecule has 1 aliphatic rings. The van der Waals surface area contributed by atoms with Gasteiger partial charge in [0.2, 0.25) is 5.91 Å². The van der Waals surface area contributed by atoms with Crippen LogP contribution in [0.25, 0.3) is 0 Å². The fourth-order valence-corrected chi connectivity index (χ4v) is 3.16. The van der Waals surface area contributed by atoms with E-state index in [1.165, 1.54) is 11.8 Å². The number of nitrogens with zero attached hydrogens (tertiary/aromatic N) is 2. The van der Waals surface area contributed by atoms with Crippen molar-refractivity contribution in [3.63, 3.8) is 0 Å². The summed E-state index contributed by atoms with van der Waals surface area (Å²) in [4.78, 5) is 25.7. The number of hydrogen-bond acceptors (Lipinski definition) is 4. The normalized spacial score (nSPS) is 17.8. The Kier molecular flexibility index (Phi) is 4.23. The molecular formula is C14H14N2O2S. The molecule has 0 N–H and O–H groups in total. The number of aldehydes is 1. The monoisotopic (exact) mass is 274 g/mol. The minimum Gasteiger partial charge on any atom is -0.310 e. The number of rotatable bonds is 4. The molecule has 0 fully saturated rings. The van der Waals surface area contributed by atoms with Gasteiger partial charge in [0.1, 0.15) is 6.29 Å². The van der Waals surface area contributed by atoms with Crippen molar-refractivity contribution in [2.45, 2.75) is 29.9 Å². The Hall–Kier alpha value is -1.80. The van der Waals surface area contributed by atoms with Crippen LogP contribution in [0.15, 0.2) is 23.1 Å². The average Bonchev–Trinajstić information content (AvgIpc) is 2.42. The molecule has 0 saturated carbocycles. The van der Waals surface area contributed by atoms with E-state index in [4.69, 9.17) is 5.26 Å². The Morgan fingerprint density at radius 3 is 3.00 bits per heavy atom. The molecule has 98 valence electrons. The number of benzene rings is 1. The SMILES string of the molecule is CC1Sc2cc(C=O)ccc2N(CCCC#N)C1=O. The Balaban J connectivity index is 2.31. The maximum Gasteiger partial charge on any atom is 0.240 e. The van der Waals surface area contributed by atoms with Crippen LogP contribution in [0, 0.1) is 11.3 Å². The molecule has 1 heterocycles. The van der Waals surface area contributed by atoms with Gasteiger partial charge < -0.3 is 4.90 Å². The molecule has 0 saturated heterocycles. The number of hydrogen-bond donors (Lipinski definition) is 0. The minimum atomic E-state index is -0.156. The molecule has 5 heteroatoms. The van der Waals surface area contributed by atoms with E-state index in [0.29, 0.717) is 24.9 Å². The predicted molar refractivity (Wildman–Crippen MR) is 74.3 cm³/mol. The molecule has 1 amide bonds. The van der Waals surface area contributed by atoms with Crippen LogP contribution >= 0.6 is 11.8 Å². The molecule has 1 aromatic carbocycles. The van der Waals surface area contributed by atoms with Gasteiger partial charge in [0.25, 0.3) is 0 Å². The van der Waals surface area contributed by atoms with Crippen molar-refractivity contribution in [2.24, 2.45) is 0 Å². The molecule has 2 rings (SSSR count). The molecule has 0 bridgehead atoms. The van der Waals surface area contributed by atoms with Crippen molar-refractivity contribution in [1.82, 2.24) is 0 Å². The molecule has 1 unspecified atom stereocenters. The summed E-state index contributed by atoms with van der Waals surface area (Å²) in [6.45, 7) is 2.41.